The van der Waals surface area contributed by atoms with Gasteiger partial charge in [0.2, 0.25) is 0 Å². The van der Waals surface area contributed by atoms with Crippen molar-refractivity contribution in [2.45, 2.75) is 41.7 Å². The lowest BCUT2D eigenvalue weighted by Crippen LogP contribution is -2.56. The van der Waals surface area contributed by atoms with Crippen LogP contribution in [0.1, 0.15) is 6.92 Å². The van der Waals surface area contributed by atoms with Crippen LogP contribution < -0.4 is 0 Å². The fraction of sp³-hybridized carbons (Fsp3) is 0.467. The first kappa shape index (κ1) is 15.4. The van der Waals surface area contributed by atoms with Gasteiger partial charge in [0.15, 0.2) is 0 Å². The highest BCUT2D eigenvalue weighted by Gasteiger charge is 2.43. The molecule has 1 aromatic rings. The molecule has 5 heteroatoms. The Morgan fingerprint density at radius 1 is 1.30 bits per heavy atom. The summed E-state index contributed by atoms with van der Waals surface area (Å²) in [4.78, 5) is 1.00. The third-order valence-electron chi connectivity index (χ3n) is 3.14. The van der Waals surface area contributed by atoms with Crippen LogP contribution in [-0.4, -0.2) is 46.7 Å². The lowest BCUT2D eigenvalue weighted by Gasteiger charge is -2.41. The average Bonchev–Trinajstić information content (AvgIpc) is 2.46. The maximum atomic E-state index is 10.1. The fourth-order valence-corrected chi connectivity index (χ4v) is 3.24. The summed E-state index contributed by atoms with van der Waals surface area (Å²) in [7, 11) is 0. The standard InChI is InChI=1S/C15H18O4S/c1-3-9-18-14-13(17)12(16)10(2)19-15(14)20-11-7-5-4-6-8-11/h1,4-8,10,12-17H,9H2,2H3/t10-,12-,13+,14+,15+/m0/s1. The van der Waals surface area contributed by atoms with Gasteiger partial charge in [-0.1, -0.05) is 35.9 Å². The molecule has 2 rings (SSSR count). The summed E-state index contributed by atoms with van der Waals surface area (Å²) < 4.78 is 11.2. The quantitative estimate of drug-likeness (QED) is 0.819. The van der Waals surface area contributed by atoms with Gasteiger partial charge in [0.1, 0.15) is 30.4 Å². The van der Waals surface area contributed by atoms with Crippen LogP contribution in [0.4, 0.5) is 0 Å². The molecule has 0 unspecified atom stereocenters. The van der Waals surface area contributed by atoms with Crippen LogP contribution in [-0.2, 0) is 9.47 Å². The molecule has 0 aliphatic carbocycles. The van der Waals surface area contributed by atoms with E-state index in [9.17, 15) is 10.2 Å². The molecule has 1 heterocycles. The van der Waals surface area contributed by atoms with Gasteiger partial charge in [-0.2, -0.15) is 0 Å². The van der Waals surface area contributed by atoms with E-state index in [4.69, 9.17) is 15.9 Å². The van der Waals surface area contributed by atoms with Gasteiger partial charge >= 0.3 is 0 Å². The highest BCUT2D eigenvalue weighted by Crippen LogP contribution is 2.34. The number of aliphatic hydroxyl groups is 2. The molecule has 20 heavy (non-hydrogen) atoms. The van der Waals surface area contributed by atoms with Gasteiger partial charge in [-0.3, -0.25) is 0 Å². The van der Waals surface area contributed by atoms with Crippen LogP contribution in [0.3, 0.4) is 0 Å². The SMILES string of the molecule is C#CCO[C@@H]1[C@H](O)[C@@H](O)[C@H](C)O[C@@H]1Sc1ccccc1. The number of thioether (sulfide) groups is 1. The van der Waals surface area contributed by atoms with Crippen molar-refractivity contribution in [3.8, 4) is 12.3 Å². The third-order valence-corrected chi connectivity index (χ3v) is 4.30. The van der Waals surface area contributed by atoms with Crippen molar-refractivity contribution < 1.29 is 19.7 Å². The molecule has 108 valence electrons. The molecule has 1 aliphatic rings. The summed E-state index contributed by atoms with van der Waals surface area (Å²) in [5.74, 6) is 2.37. The summed E-state index contributed by atoms with van der Waals surface area (Å²) in [5.41, 5.74) is -0.417. The maximum Gasteiger partial charge on any atom is 0.137 e. The number of aliphatic hydroxyl groups excluding tert-OH is 2. The van der Waals surface area contributed by atoms with E-state index in [1.165, 1.54) is 11.8 Å². The maximum absolute atomic E-state index is 10.1. The third kappa shape index (κ3) is 3.54. The van der Waals surface area contributed by atoms with Gasteiger partial charge in [0.25, 0.3) is 0 Å². The van der Waals surface area contributed by atoms with E-state index in [-0.39, 0.29) is 6.61 Å². The molecule has 4 nitrogen and oxygen atoms in total. The molecule has 0 saturated carbocycles. The molecule has 1 fully saturated rings. The second-order valence-electron chi connectivity index (χ2n) is 4.60. The Morgan fingerprint density at radius 3 is 2.65 bits per heavy atom. The summed E-state index contributed by atoms with van der Waals surface area (Å²) >= 11 is 1.45. The van der Waals surface area contributed by atoms with E-state index in [0.29, 0.717) is 0 Å². The molecule has 0 radical (unpaired) electrons. The Balaban J connectivity index is 2.12. The van der Waals surface area contributed by atoms with E-state index in [1.54, 1.807) is 6.92 Å². The lowest BCUT2D eigenvalue weighted by atomic mass is 10.0. The Kier molecular flexibility index (Phi) is 5.46. The van der Waals surface area contributed by atoms with E-state index in [2.05, 4.69) is 5.92 Å². The largest absolute Gasteiger partial charge is 0.388 e. The van der Waals surface area contributed by atoms with Gasteiger partial charge in [0, 0.05) is 4.90 Å². The van der Waals surface area contributed by atoms with Gasteiger partial charge in [0.05, 0.1) is 6.10 Å². The highest BCUT2D eigenvalue weighted by atomic mass is 32.2. The highest BCUT2D eigenvalue weighted by molar-refractivity contribution is 7.99. The topological polar surface area (TPSA) is 58.9 Å². The Bertz CT molecular complexity index is 459. The normalized spacial score (nSPS) is 33.6. The number of benzene rings is 1. The average molecular weight is 294 g/mol. The number of hydrogen-bond acceptors (Lipinski definition) is 5. The zero-order valence-corrected chi connectivity index (χ0v) is 12.0. The first-order valence-electron chi connectivity index (χ1n) is 6.42. The van der Waals surface area contributed by atoms with Gasteiger partial charge in [-0.15, -0.1) is 6.42 Å². The molecule has 1 aliphatic heterocycles. The summed E-state index contributed by atoms with van der Waals surface area (Å²) in [6.45, 7) is 1.79. The molecule has 1 aromatic carbocycles. The number of hydrogen-bond donors (Lipinski definition) is 2. The van der Waals surface area contributed by atoms with Crippen molar-refractivity contribution in [2.24, 2.45) is 0 Å². The van der Waals surface area contributed by atoms with E-state index in [0.717, 1.165) is 4.90 Å². The zero-order valence-electron chi connectivity index (χ0n) is 11.2. The van der Waals surface area contributed by atoms with Crippen molar-refractivity contribution >= 4 is 11.8 Å². The smallest absolute Gasteiger partial charge is 0.137 e. The van der Waals surface area contributed by atoms with Crippen molar-refractivity contribution in [2.75, 3.05) is 6.61 Å². The Labute approximate surface area is 123 Å². The predicted molar refractivity (Wildman–Crippen MR) is 77.2 cm³/mol. The predicted octanol–water partition coefficient (Wildman–Crippen LogP) is 1.26. The molecular weight excluding hydrogens is 276 g/mol. The number of ether oxygens (including phenoxy) is 2. The minimum Gasteiger partial charge on any atom is -0.388 e. The van der Waals surface area contributed by atoms with Crippen LogP contribution in [0.25, 0.3) is 0 Å². The van der Waals surface area contributed by atoms with Crippen molar-refractivity contribution in [3.05, 3.63) is 30.3 Å². The second-order valence-corrected chi connectivity index (χ2v) is 5.77. The summed E-state index contributed by atoms with van der Waals surface area (Å²) in [6.07, 6.45) is 2.06. The summed E-state index contributed by atoms with van der Waals surface area (Å²) in [6, 6.07) is 9.69. The first-order valence-corrected chi connectivity index (χ1v) is 7.30. The second kappa shape index (κ2) is 7.11. The molecule has 0 aromatic heterocycles. The van der Waals surface area contributed by atoms with Gasteiger partial charge in [-0.05, 0) is 19.1 Å². The van der Waals surface area contributed by atoms with Crippen LogP contribution in [0, 0.1) is 12.3 Å². The van der Waals surface area contributed by atoms with Crippen LogP contribution >= 0.6 is 11.8 Å². The van der Waals surface area contributed by atoms with Crippen LogP contribution in [0.5, 0.6) is 0 Å². The molecule has 0 spiro atoms. The van der Waals surface area contributed by atoms with E-state index >= 15 is 0 Å². The van der Waals surface area contributed by atoms with E-state index < -0.39 is 29.9 Å². The zero-order chi connectivity index (χ0) is 14.5. The van der Waals surface area contributed by atoms with Gasteiger partial charge in [-0.25, -0.2) is 0 Å². The minimum atomic E-state index is -1.02. The molecule has 2 N–H and O–H groups in total. The van der Waals surface area contributed by atoms with Gasteiger partial charge < -0.3 is 19.7 Å². The molecule has 0 bridgehead atoms. The summed E-state index contributed by atoms with van der Waals surface area (Å²) in [5, 5.41) is 20.0. The minimum absolute atomic E-state index is 0.0675. The molecule has 5 atom stereocenters. The monoisotopic (exact) mass is 294 g/mol. The molecule has 1 saturated heterocycles. The number of rotatable bonds is 4. The molecule has 0 amide bonds. The fourth-order valence-electron chi connectivity index (χ4n) is 2.05. The van der Waals surface area contributed by atoms with Crippen molar-refractivity contribution in [1.29, 1.82) is 0 Å². The van der Waals surface area contributed by atoms with Crippen LogP contribution in [0.15, 0.2) is 35.2 Å². The van der Waals surface area contributed by atoms with Crippen molar-refractivity contribution in [1.82, 2.24) is 0 Å². The first-order chi connectivity index (χ1) is 9.63. The number of terminal acetylenes is 1. The van der Waals surface area contributed by atoms with Crippen molar-refractivity contribution in [3.63, 3.8) is 0 Å². The van der Waals surface area contributed by atoms with E-state index in [1.807, 2.05) is 30.3 Å². The lowest BCUT2D eigenvalue weighted by molar-refractivity contribution is -0.204. The van der Waals surface area contributed by atoms with Crippen LogP contribution in [0.2, 0.25) is 0 Å². The molecular formula is C15H18O4S. The Hall–Kier alpha value is -1.03. The Morgan fingerprint density at radius 2 is 2.00 bits per heavy atom.